The normalized spacial score (nSPS) is 13.6. The summed E-state index contributed by atoms with van der Waals surface area (Å²) in [6, 6.07) is 8.78. The highest BCUT2D eigenvalue weighted by molar-refractivity contribution is 7.53. The van der Waals surface area contributed by atoms with Gasteiger partial charge in [0.25, 0.3) is 0 Å². The van der Waals surface area contributed by atoms with Gasteiger partial charge in [-0.05, 0) is 43.5 Å². The van der Waals surface area contributed by atoms with E-state index >= 15 is 0 Å². The minimum Gasteiger partial charge on any atom is -0.324 e. The molecule has 0 spiro atoms. The molecule has 0 radical (unpaired) electrons. The van der Waals surface area contributed by atoms with Crippen molar-refractivity contribution in [1.29, 1.82) is 0 Å². The number of benzene rings is 2. The fourth-order valence-corrected chi connectivity index (χ4v) is 5.89. The summed E-state index contributed by atoms with van der Waals surface area (Å²) in [6.45, 7) is 5.17. The topological polar surface area (TPSA) is 93.1 Å². The summed E-state index contributed by atoms with van der Waals surface area (Å²) in [4.78, 5) is 18.1. The van der Waals surface area contributed by atoms with Crippen molar-refractivity contribution in [2.45, 2.75) is 51.4 Å². The highest BCUT2D eigenvalue weighted by Crippen LogP contribution is 2.54. The van der Waals surface area contributed by atoms with Gasteiger partial charge in [0.15, 0.2) is 0 Å². The molecule has 2 aromatic carbocycles. The maximum atomic E-state index is 12.6. The molecular formula is C22H28F6O6P2. The van der Waals surface area contributed by atoms with E-state index < -0.39 is 44.3 Å². The van der Waals surface area contributed by atoms with E-state index in [1.807, 2.05) is 0 Å². The molecule has 0 aliphatic heterocycles. The zero-order valence-electron chi connectivity index (χ0n) is 19.7. The van der Waals surface area contributed by atoms with E-state index in [0.717, 1.165) is 30.3 Å². The number of alkyl halides is 6. The Bertz CT molecular complexity index is 1060. The van der Waals surface area contributed by atoms with E-state index in [0.29, 0.717) is 0 Å². The number of hydrogen-bond acceptors (Lipinski definition) is 4. The van der Waals surface area contributed by atoms with Crippen molar-refractivity contribution >= 4 is 15.2 Å². The van der Waals surface area contributed by atoms with Crippen molar-refractivity contribution in [3.63, 3.8) is 0 Å². The van der Waals surface area contributed by atoms with Crippen LogP contribution in [0, 0.1) is 0 Å². The smallest absolute Gasteiger partial charge is 0.324 e. The van der Waals surface area contributed by atoms with Crippen LogP contribution in [0.1, 0.15) is 55.1 Å². The van der Waals surface area contributed by atoms with Crippen molar-refractivity contribution in [2.24, 2.45) is 0 Å². The zero-order valence-corrected chi connectivity index (χ0v) is 21.5. The maximum absolute atomic E-state index is 12.6. The first-order valence-corrected chi connectivity index (χ1v) is 14.1. The summed E-state index contributed by atoms with van der Waals surface area (Å²) >= 11 is 0. The Morgan fingerprint density at radius 2 is 1.28 bits per heavy atom. The molecule has 0 amide bonds. The highest BCUT2D eigenvalue weighted by atomic mass is 31.2. The van der Waals surface area contributed by atoms with Crippen LogP contribution >= 0.6 is 15.2 Å². The Morgan fingerprint density at radius 3 is 1.69 bits per heavy atom. The highest BCUT2D eigenvalue weighted by Gasteiger charge is 2.34. The molecule has 14 heteroatoms. The van der Waals surface area contributed by atoms with E-state index in [-0.39, 0.29) is 36.9 Å². The maximum Gasteiger partial charge on any atom is 0.416 e. The van der Waals surface area contributed by atoms with Crippen LogP contribution in [0.4, 0.5) is 26.3 Å². The van der Waals surface area contributed by atoms with Gasteiger partial charge in [0, 0.05) is 0 Å². The van der Waals surface area contributed by atoms with Gasteiger partial charge in [0.2, 0.25) is 0 Å². The standard InChI is InChI=1S/C12H16F3O3P.C10H12F3O3P/c1-3-17-19(16,18-4-2)9-10-6-5-7-11(8-10)12(13,14)15;1-2-9(17(14,15)16)7-4-3-5-8(6-7)10(11,12)13/h5-8H,3-4,9H2,1-2H3;3-6,9H,2H2,1H3,(H2,14,15,16). The van der Waals surface area contributed by atoms with E-state index in [4.69, 9.17) is 18.8 Å². The first-order chi connectivity index (χ1) is 16.5. The first kappa shape index (κ1) is 32.3. The van der Waals surface area contributed by atoms with Crippen LogP contribution in [0.3, 0.4) is 0 Å². The monoisotopic (exact) mass is 564 g/mol. The lowest BCUT2D eigenvalue weighted by Gasteiger charge is -2.18. The van der Waals surface area contributed by atoms with Crippen molar-refractivity contribution in [1.82, 2.24) is 0 Å². The molecule has 0 heterocycles. The van der Waals surface area contributed by atoms with Crippen LogP contribution < -0.4 is 0 Å². The average Bonchev–Trinajstić information content (AvgIpc) is 2.73. The largest absolute Gasteiger partial charge is 0.416 e. The van der Waals surface area contributed by atoms with Gasteiger partial charge in [-0.2, -0.15) is 26.3 Å². The van der Waals surface area contributed by atoms with Crippen molar-refractivity contribution < 1.29 is 54.3 Å². The molecule has 204 valence electrons. The third kappa shape index (κ3) is 10.4. The SMILES string of the molecule is CCC(c1cccc(C(F)(F)F)c1)P(=O)(O)O.CCOP(=O)(Cc1cccc(C(F)(F)F)c1)OCC. The van der Waals surface area contributed by atoms with E-state index in [2.05, 4.69) is 0 Å². The van der Waals surface area contributed by atoms with E-state index in [1.54, 1.807) is 13.8 Å². The van der Waals surface area contributed by atoms with Crippen LogP contribution in [-0.2, 0) is 36.7 Å². The summed E-state index contributed by atoms with van der Waals surface area (Å²) in [5.41, 5.74) is -2.58. The Kier molecular flexibility index (Phi) is 11.9. The lowest BCUT2D eigenvalue weighted by molar-refractivity contribution is -0.138. The average molecular weight is 564 g/mol. The Hall–Kier alpha value is -1.68. The predicted octanol–water partition coefficient (Wildman–Crippen LogP) is 7.81. The van der Waals surface area contributed by atoms with Gasteiger partial charge in [-0.15, -0.1) is 0 Å². The molecule has 1 atom stereocenters. The summed E-state index contributed by atoms with van der Waals surface area (Å²) in [6.07, 6.45) is -9.02. The molecule has 0 aliphatic rings. The number of rotatable bonds is 9. The van der Waals surface area contributed by atoms with Crippen LogP contribution in [0.5, 0.6) is 0 Å². The first-order valence-electron chi connectivity index (χ1n) is 10.7. The van der Waals surface area contributed by atoms with Crippen molar-refractivity contribution in [3.8, 4) is 0 Å². The second kappa shape index (κ2) is 13.2. The van der Waals surface area contributed by atoms with Gasteiger partial charge in [0.05, 0.1) is 36.2 Å². The van der Waals surface area contributed by atoms with Gasteiger partial charge >= 0.3 is 27.5 Å². The molecule has 0 saturated heterocycles. The quantitative estimate of drug-likeness (QED) is 0.239. The lowest BCUT2D eigenvalue weighted by Crippen LogP contribution is -2.07. The molecule has 0 fully saturated rings. The minimum atomic E-state index is -4.51. The Balaban J connectivity index is 0.000000362. The van der Waals surface area contributed by atoms with Gasteiger partial charge in [-0.25, -0.2) is 0 Å². The molecular weight excluding hydrogens is 536 g/mol. The molecule has 0 bridgehead atoms. The summed E-state index contributed by atoms with van der Waals surface area (Å²) < 4.78 is 108. The lowest BCUT2D eigenvalue weighted by atomic mass is 10.1. The van der Waals surface area contributed by atoms with Crippen LogP contribution in [0.15, 0.2) is 48.5 Å². The van der Waals surface area contributed by atoms with Gasteiger partial charge < -0.3 is 18.8 Å². The third-order valence-corrected chi connectivity index (χ3v) is 8.20. The molecule has 0 saturated carbocycles. The Morgan fingerprint density at radius 1 is 0.806 bits per heavy atom. The fraction of sp³-hybridized carbons (Fsp3) is 0.455. The predicted molar refractivity (Wildman–Crippen MR) is 123 cm³/mol. The van der Waals surface area contributed by atoms with E-state index in [9.17, 15) is 35.5 Å². The third-order valence-electron chi connectivity index (χ3n) is 4.67. The molecule has 0 aromatic heterocycles. The molecule has 2 N–H and O–H groups in total. The minimum absolute atomic E-state index is 0.00987. The van der Waals surface area contributed by atoms with E-state index in [1.165, 1.54) is 25.1 Å². The molecule has 36 heavy (non-hydrogen) atoms. The molecule has 2 aromatic rings. The summed E-state index contributed by atoms with van der Waals surface area (Å²) in [7, 11) is -7.82. The summed E-state index contributed by atoms with van der Waals surface area (Å²) in [5.74, 6) is 0. The molecule has 0 aliphatic carbocycles. The van der Waals surface area contributed by atoms with Gasteiger partial charge in [-0.3, -0.25) is 9.13 Å². The molecule has 6 nitrogen and oxygen atoms in total. The summed E-state index contributed by atoms with van der Waals surface area (Å²) in [5, 5.41) is 0. The van der Waals surface area contributed by atoms with Crippen LogP contribution in [-0.4, -0.2) is 23.0 Å². The second-order valence-electron chi connectivity index (χ2n) is 7.44. The zero-order chi connectivity index (χ0) is 27.8. The molecule has 2 rings (SSSR count). The van der Waals surface area contributed by atoms with Gasteiger partial charge in [-0.1, -0.05) is 43.3 Å². The number of halogens is 6. The fourth-order valence-electron chi connectivity index (χ4n) is 3.18. The van der Waals surface area contributed by atoms with Gasteiger partial charge in [0.1, 0.15) is 0 Å². The van der Waals surface area contributed by atoms with Crippen LogP contribution in [0.25, 0.3) is 0 Å². The molecule has 1 unspecified atom stereocenters. The van der Waals surface area contributed by atoms with Crippen molar-refractivity contribution in [2.75, 3.05) is 13.2 Å². The Labute approximate surface area is 205 Å². The van der Waals surface area contributed by atoms with Crippen LogP contribution in [0.2, 0.25) is 0 Å². The number of hydrogen-bond donors (Lipinski definition) is 2. The van der Waals surface area contributed by atoms with Crippen molar-refractivity contribution in [3.05, 3.63) is 70.8 Å². The second-order valence-corrected chi connectivity index (χ2v) is 11.3.